The van der Waals surface area contributed by atoms with E-state index >= 15 is 0 Å². The van der Waals surface area contributed by atoms with E-state index < -0.39 is 0 Å². The molecule has 1 aromatic heterocycles. The maximum absolute atomic E-state index is 5.57. The molecule has 0 saturated heterocycles. The monoisotopic (exact) mass is 195 g/mol. The van der Waals surface area contributed by atoms with E-state index in [1.807, 2.05) is 4.68 Å². The first-order valence-electron chi connectivity index (χ1n) is 4.89. The van der Waals surface area contributed by atoms with Crippen LogP contribution in [0.25, 0.3) is 0 Å². The predicted molar refractivity (Wildman–Crippen MR) is 52.3 cm³/mol. The molecule has 1 heterocycles. The minimum atomic E-state index is 0.242. The van der Waals surface area contributed by atoms with E-state index in [2.05, 4.69) is 43.2 Å². The van der Waals surface area contributed by atoms with Crippen molar-refractivity contribution in [2.24, 2.45) is 16.6 Å². The van der Waals surface area contributed by atoms with Crippen LogP contribution in [-0.2, 0) is 6.54 Å². The Labute approximate surface area is 83.7 Å². The quantitative estimate of drug-likeness (QED) is 0.755. The lowest BCUT2D eigenvalue weighted by atomic mass is 10.0. The summed E-state index contributed by atoms with van der Waals surface area (Å²) in [7, 11) is 0. The van der Waals surface area contributed by atoms with E-state index in [0.29, 0.717) is 12.6 Å². The van der Waals surface area contributed by atoms with Crippen molar-refractivity contribution >= 4 is 0 Å². The van der Waals surface area contributed by atoms with Crippen LogP contribution in [0, 0.1) is 10.8 Å². The molecule has 0 aromatic carbocycles. The van der Waals surface area contributed by atoms with Gasteiger partial charge < -0.3 is 5.73 Å². The molecule has 0 amide bonds. The predicted octanol–water partition coefficient (Wildman–Crippen LogP) is 0.739. The summed E-state index contributed by atoms with van der Waals surface area (Å²) in [6.45, 7) is 9.34. The van der Waals surface area contributed by atoms with E-state index in [1.54, 1.807) is 0 Å². The van der Waals surface area contributed by atoms with Crippen molar-refractivity contribution in [1.29, 1.82) is 0 Å². The number of hydrogen-bond donors (Lipinski definition) is 1. The molecule has 5 nitrogen and oxygen atoms in total. The Bertz CT molecular complexity index is 338. The van der Waals surface area contributed by atoms with Crippen LogP contribution < -0.4 is 5.73 Å². The Morgan fingerprint density at radius 2 is 1.86 bits per heavy atom. The second kappa shape index (κ2) is 2.53. The van der Waals surface area contributed by atoms with Crippen molar-refractivity contribution in [2.45, 2.75) is 40.3 Å². The molecule has 1 aliphatic carbocycles. The van der Waals surface area contributed by atoms with Gasteiger partial charge in [0, 0.05) is 0 Å². The third kappa shape index (κ3) is 0.958. The van der Waals surface area contributed by atoms with Crippen LogP contribution >= 0.6 is 0 Å². The van der Waals surface area contributed by atoms with Gasteiger partial charge in [0.05, 0.1) is 12.6 Å². The van der Waals surface area contributed by atoms with Crippen LogP contribution in [0.2, 0.25) is 0 Å². The first kappa shape index (κ1) is 9.58. The van der Waals surface area contributed by atoms with E-state index in [4.69, 9.17) is 5.73 Å². The van der Waals surface area contributed by atoms with Gasteiger partial charge in [0.2, 0.25) is 0 Å². The summed E-state index contributed by atoms with van der Waals surface area (Å²) < 4.78 is 1.88. The van der Waals surface area contributed by atoms with Crippen LogP contribution in [-0.4, -0.2) is 20.2 Å². The second-order valence-corrected chi connectivity index (χ2v) is 5.09. The fourth-order valence-electron chi connectivity index (χ4n) is 2.32. The van der Waals surface area contributed by atoms with Crippen LogP contribution in [0.1, 0.15) is 39.6 Å². The van der Waals surface area contributed by atoms with E-state index in [9.17, 15) is 0 Å². The fourth-order valence-corrected chi connectivity index (χ4v) is 2.32. The standard InChI is InChI=1S/C9H17N5/c1-8(2)7(9(8,3)4)14-6(5-10)11-12-13-14/h7H,5,10H2,1-4H3. The molecule has 2 rings (SSSR count). The summed E-state index contributed by atoms with van der Waals surface area (Å²) in [4.78, 5) is 0. The first-order valence-corrected chi connectivity index (χ1v) is 4.89. The van der Waals surface area contributed by atoms with Crippen molar-refractivity contribution in [3.05, 3.63) is 5.82 Å². The normalized spacial score (nSPS) is 23.8. The van der Waals surface area contributed by atoms with E-state index in [1.165, 1.54) is 0 Å². The van der Waals surface area contributed by atoms with Crippen molar-refractivity contribution < 1.29 is 0 Å². The van der Waals surface area contributed by atoms with Crippen molar-refractivity contribution in [1.82, 2.24) is 20.2 Å². The molecule has 5 heteroatoms. The minimum Gasteiger partial charge on any atom is -0.324 e. The first-order chi connectivity index (χ1) is 6.43. The van der Waals surface area contributed by atoms with Crippen LogP contribution in [0.3, 0.4) is 0 Å². The Hall–Kier alpha value is -0.970. The van der Waals surface area contributed by atoms with E-state index in [0.717, 1.165) is 5.82 Å². The van der Waals surface area contributed by atoms with Gasteiger partial charge in [0.15, 0.2) is 5.82 Å². The average Bonchev–Trinajstić information content (AvgIpc) is 2.51. The highest BCUT2D eigenvalue weighted by Crippen LogP contribution is 2.71. The highest BCUT2D eigenvalue weighted by Gasteiger charge is 2.67. The molecule has 0 atom stereocenters. The molecule has 0 radical (unpaired) electrons. The Balaban J connectivity index is 2.36. The molecular weight excluding hydrogens is 178 g/mol. The maximum Gasteiger partial charge on any atom is 0.165 e. The largest absolute Gasteiger partial charge is 0.324 e. The third-order valence-electron chi connectivity index (χ3n) is 3.93. The number of hydrogen-bond acceptors (Lipinski definition) is 4. The molecule has 0 aliphatic heterocycles. The summed E-state index contributed by atoms with van der Waals surface area (Å²) in [6.07, 6.45) is 0. The highest BCUT2D eigenvalue weighted by atomic mass is 15.6. The molecule has 2 N–H and O–H groups in total. The lowest BCUT2D eigenvalue weighted by Gasteiger charge is -2.03. The maximum atomic E-state index is 5.57. The number of tetrazole rings is 1. The summed E-state index contributed by atoms with van der Waals surface area (Å²) >= 11 is 0. The zero-order valence-electron chi connectivity index (χ0n) is 9.15. The zero-order chi connectivity index (χ0) is 10.6. The Kier molecular flexibility index (Phi) is 1.73. The number of aromatic nitrogens is 4. The SMILES string of the molecule is CC1(C)C(n2nnnc2CN)C1(C)C. The number of rotatable bonds is 2. The molecule has 1 aliphatic rings. The third-order valence-corrected chi connectivity index (χ3v) is 3.93. The summed E-state index contributed by atoms with van der Waals surface area (Å²) in [5.41, 5.74) is 6.06. The van der Waals surface area contributed by atoms with Gasteiger partial charge in [-0.15, -0.1) is 5.10 Å². The second-order valence-electron chi connectivity index (χ2n) is 5.09. The number of nitrogens with zero attached hydrogens (tertiary/aromatic N) is 4. The Morgan fingerprint density at radius 1 is 1.29 bits per heavy atom. The zero-order valence-corrected chi connectivity index (χ0v) is 9.15. The number of nitrogens with two attached hydrogens (primary N) is 1. The molecule has 0 bridgehead atoms. The van der Waals surface area contributed by atoms with Gasteiger partial charge >= 0.3 is 0 Å². The molecule has 1 fully saturated rings. The molecule has 0 spiro atoms. The topological polar surface area (TPSA) is 69.6 Å². The Morgan fingerprint density at radius 3 is 2.29 bits per heavy atom. The van der Waals surface area contributed by atoms with Crippen molar-refractivity contribution in [3.8, 4) is 0 Å². The van der Waals surface area contributed by atoms with Gasteiger partial charge in [-0.3, -0.25) is 0 Å². The van der Waals surface area contributed by atoms with Crippen molar-refractivity contribution in [2.75, 3.05) is 0 Å². The molecular formula is C9H17N5. The van der Waals surface area contributed by atoms with Gasteiger partial charge in [-0.05, 0) is 21.3 Å². The lowest BCUT2D eigenvalue weighted by Crippen LogP contribution is -2.11. The van der Waals surface area contributed by atoms with Gasteiger partial charge in [-0.1, -0.05) is 27.7 Å². The highest BCUT2D eigenvalue weighted by molar-refractivity contribution is 5.16. The average molecular weight is 195 g/mol. The summed E-state index contributed by atoms with van der Waals surface area (Å²) in [5, 5.41) is 11.6. The minimum absolute atomic E-state index is 0.242. The molecule has 14 heavy (non-hydrogen) atoms. The van der Waals surface area contributed by atoms with Gasteiger partial charge in [0.25, 0.3) is 0 Å². The lowest BCUT2D eigenvalue weighted by molar-refractivity contribution is 0.457. The van der Waals surface area contributed by atoms with Gasteiger partial charge in [0.1, 0.15) is 0 Å². The molecule has 1 saturated carbocycles. The van der Waals surface area contributed by atoms with Crippen molar-refractivity contribution in [3.63, 3.8) is 0 Å². The van der Waals surface area contributed by atoms with Gasteiger partial charge in [-0.2, -0.15) is 0 Å². The molecule has 0 unspecified atom stereocenters. The summed E-state index contributed by atoms with van der Waals surface area (Å²) in [6, 6.07) is 0.364. The van der Waals surface area contributed by atoms with E-state index in [-0.39, 0.29) is 10.8 Å². The van der Waals surface area contributed by atoms with Crippen LogP contribution in [0.5, 0.6) is 0 Å². The van der Waals surface area contributed by atoms with Gasteiger partial charge in [-0.25, -0.2) is 4.68 Å². The summed E-state index contributed by atoms with van der Waals surface area (Å²) in [5.74, 6) is 0.772. The smallest absolute Gasteiger partial charge is 0.165 e. The van der Waals surface area contributed by atoms with Crippen LogP contribution in [0.4, 0.5) is 0 Å². The fraction of sp³-hybridized carbons (Fsp3) is 0.889. The molecule has 1 aromatic rings. The molecule has 78 valence electrons. The van der Waals surface area contributed by atoms with Crippen LogP contribution in [0.15, 0.2) is 0 Å².